The predicted molar refractivity (Wildman–Crippen MR) is 68.7 cm³/mol. The highest BCUT2D eigenvalue weighted by atomic mass is 16.5. The molecular formula is C14H14N2O2. The average Bonchev–Trinajstić information content (AvgIpc) is 2.91. The number of hydrogen-bond donors (Lipinski definition) is 0. The van der Waals surface area contributed by atoms with Crippen molar-refractivity contribution in [2.45, 2.75) is 6.54 Å². The van der Waals surface area contributed by atoms with E-state index in [-0.39, 0.29) is 5.97 Å². The fourth-order valence-electron chi connectivity index (χ4n) is 1.45. The van der Waals surface area contributed by atoms with E-state index in [1.165, 1.54) is 6.08 Å². The Bertz CT molecular complexity index is 504. The molecule has 1 aromatic carbocycles. The van der Waals surface area contributed by atoms with E-state index >= 15 is 0 Å². The van der Waals surface area contributed by atoms with Crippen LogP contribution in [0.25, 0.3) is 6.08 Å². The minimum absolute atomic E-state index is 0.319. The Morgan fingerprint density at radius 3 is 2.83 bits per heavy atom. The Kier molecular flexibility index (Phi) is 4.30. The third-order valence-corrected chi connectivity index (χ3v) is 2.34. The first-order valence-corrected chi connectivity index (χ1v) is 5.72. The summed E-state index contributed by atoms with van der Waals surface area (Å²) in [5.41, 5.74) is 0.974. The molecule has 0 aliphatic rings. The Morgan fingerprint density at radius 1 is 1.28 bits per heavy atom. The zero-order chi connectivity index (χ0) is 12.6. The molecule has 18 heavy (non-hydrogen) atoms. The molecule has 92 valence electrons. The summed E-state index contributed by atoms with van der Waals surface area (Å²) in [5, 5.41) is 4.01. The van der Waals surface area contributed by atoms with Crippen LogP contribution in [-0.4, -0.2) is 22.4 Å². The maximum atomic E-state index is 11.4. The predicted octanol–water partition coefficient (Wildman–Crippen LogP) is 2.14. The van der Waals surface area contributed by atoms with Gasteiger partial charge in [0.15, 0.2) is 0 Å². The lowest BCUT2D eigenvalue weighted by atomic mass is 10.2. The molecule has 4 heteroatoms. The number of ether oxygens (including phenoxy) is 1. The zero-order valence-corrected chi connectivity index (χ0v) is 9.90. The first-order valence-electron chi connectivity index (χ1n) is 5.72. The number of nitrogens with zero attached hydrogens (tertiary/aromatic N) is 2. The van der Waals surface area contributed by atoms with Crippen molar-refractivity contribution in [3.8, 4) is 0 Å². The number of carbonyl (C=O) groups is 1. The van der Waals surface area contributed by atoms with Gasteiger partial charge in [-0.05, 0) is 17.7 Å². The number of carbonyl (C=O) groups excluding carboxylic acids is 1. The first kappa shape index (κ1) is 12.1. The summed E-state index contributed by atoms with van der Waals surface area (Å²) in [5.74, 6) is -0.342. The van der Waals surface area contributed by atoms with Crippen LogP contribution in [0.1, 0.15) is 5.56 Å². The summed E-state index contributed by atoms with van der Waals surface area (Å²) in [6.45, 7) is 0.886. The second-order valence-corrected chi connectivity index (χ2v) is 3.68. The third kappa shape index (κ3) is 3.90. The Morgan fingerprint density at radius 2 is 2.11 bits per heavy atom. The van der Waals surface area contributed by atoms with Crippen molar-refractivity contribution >= 4 is 12.0 Å². The average molecular weight is 242 g/mol. The Labute approximate surface area is 106 Å². The van der Waals surface area contributed by atoms with Gasteiger partial charge in [0.2, 0.25) is 0 Å². The molecule has 2 rings (SSSR count). The number of benzene rings is 1. The smallest absolute Gasteiger partial charge is 0.330 e. The van der Waals surface area contributed by atoms with Crippen LogP contribution in [0.5, 0.6) is 0 Å². The van der Waals surface area contributed by atoms with Crippen molar-refractivity contribution < 1.29 is 9.53 Å². The molecule has 0 aliphatic carbocycles. The number of esters is 1. The van der Waals surface area contributed by atoms with E-state index in [0.717, 1.165) is 5.56 Å². The largest absolute Gasteiger partial charge is 0.461 e. The monoisotopic (exact) mass is 242 g/mol. The van der Waals surface area contributed by atoms with Gasteiger partial charge < -0.3 is 4.74 Å². The van der Waals surface area contributed by atoms with E-state index in [9.17, 15) is 4.79 Å². The molecule has 0 atom stereocenters. The number of rotatable bonds is 5. The molecule has 0 aliphatic heterocycles. The van der Waals surface area contributed by atoms with Crippen LogP contribution in [0.4, 0.5) is 0 Å². The standard InChI is InChI=1S/C14H14N2O2/c17-14(8-7-13-5-2-1-3-6-13)18-12-11-16-10-4-9-15-16/h1-10H,11-12H2/b8-7+. The fraction of sp³-hybridized carbons (Fsp3) is 0.143. The van der Waals surface area contributed by atoms with Crippen molar-refractivity contribution in [3.05, 3.63) is 60.4 Å². The molecule has 0 bridgehead atoms. The lowest BCUT2D eigenvalue weighted by Crippen LogP contribution is -2.09. The van der Waals surface area contributed by atoms with Gasteiger partial charge in [0, 0.05) is 18.5 Å². The van der Waals surface area contributed by atoms with E-state index in [2.05, 4.69) is 5.10 Å². The molecule has 0 radical (unpaired) electrons. The fourth-order valence-corrected chi connectivity index (χ4v) is 1.45. The lowest BCUT2D eigenvalue weighted by molar-refractivity contribution is -0.138. The summed E-state index contributed by atoms with van der Waals surface area (Å²) in [6.07, 6.45) is 6.68. The van der Waals surface area contributed by atoms with E-state index in [0.29, 0.717) is 13.2 Å². The van der Waals surface area contributed by atoms with Crippen molar-refractivity contribution in [2.24, 2.45) is 0 Å². The van der Waals surface area contributed by atoms with E-state index in [1.54, 1.807) is 17.0 Å². The summed E-state index contributed by atoms with van der Waals surface area (Å²) < 4.78 is 6.77. The highest BCUT2D eigenvalue weighted by molar-refractivity contribution is 5.86. The van der Waals surface area contributed by atoms with E-state index in [4.69, 9.17) is 4.74 Å². The van der Waals surface area contributed by atoms with Gasteiger partial charge in [-0.3, -0.25) is 4.68 Å². The summed E-state index contributed by atoms with van der Waals surface area (Å²) >= 11 is 0. The molecule has 1 aromatic heterocycles. The first-order chi connectivity index (χ1) is 8.84. The van der Waals surface area contributed by atoms with Crippen LogP contribution < -0.4 is 0 Å². The molecule has 0 fully saturated rings. The van der Waals surface area contributed by atoms with Crippen LogP contribution >= 0.6 is 0 Å². The molecule has 0 unspecified atom stereocenters. The van der Waals surface area contributed by atoms with Gasteiger partial charge in [0.1, 0.15) is 6.61 Å². The van der Waals surface area contributed by atoms with Crippen LogP contribution in [-0.2, 0) is 16.1 Å². The van der Waals surface area contributed by atoms with Gasteiger partial charge in [0.25, 0.3) is 0 Å². The summed E-state index contributed by atoms with van der Waals surface area (Å²) in [4.78, 5) is 11.4. The minimum atomic E-state index is -0.342. The summed E-state index contributed by atoms with van der Waals surface area (Å²) in [7, 11) is 0. The van der Waals surface area contributed by atoms with Crippen LogP contribution in [0.2, 0.25) is 0 Å². The van der Waals surface area contributed by atoms with Crippen molar-refractivity contribution in [1.29, 1.82) is 0 Å². The highest BCUT2D eigenvalue weighted by Crippen LogP contribution is 2.01. The molecule has 0 amide bonds. The molecular weight excluding hydrogens is 228 g/mol. The van der Waals surface area contributed by atoms with Gasteiger partial charge in [0.05, 0.1) is 6.54 Å². The maximum Gasteiger partial charge on any atom is 0.330 e. The normalized spacial score (nSPS) is 10.7. The Hall–Kier alpha value is -2.36. The van der Waals surface area contributed by atoms with Gasteiger partial charge >= 0.3 is 5.97 Å². The van der Waals surface area contributed by atoms with Crippen LogP contribution in [0.15, 0.2) is 54.9 Å². The SMILES string of the molecule is O=C(/C=C/c1ccccc1)OCCn1cccn1. The minimum Gasteiger partial charge on any atom is -0.461 e. The summed E-state index contributed by atoms with van der Waals surface area (Å²) in [6, 6.07) is 11.4. The zero-order valence-electron chi connectivity index (χ0n) is 9.90. The number of hydrogen-bond acceptors (Lipinski definition) is 3. The Balaban J connectivity index is 1.74. The van der Waals surface area contributed by atoms with Crippen molar-refractivity contribution in [2.75, 3.05) is 6.61 Å². The third-order valence-electron chi connectivity index (χ3n) is 2.34. The van der Waals surface area contributed by atoms with Gasteiger partial charge in [-0.1, -0.05) is 30.3 Å². The highest BCUT2D eigenvalue weighted by Gasteiger charge is 1.97. The van der Waals surface area contributed by atoms with Gasteiger partial charge in [-0.2, -0.15) is 5.10 Å². The van der Waals surface area contributed by atoms with E-state index < -0.39 is 0 Å². The second kappa shape index (κ2) is 6.39. The maximum absolute atomic E-state index is 11.4. The van der Waals surface area contributed by atoms with Crippen LogP contribution in [0, 0.1) is 0 Å². The number of aromatic nitrogens is 2. The van der Waals surface area contributed by atoms with Crippen molar-refractivity contribution in [1.82, 2.24) is 9.78 Å². The second-order valence-electron chi connectivity index (χ2n) is 3.68. The molecule has 1 heterocycles. The lowest BCUT2D eigenvalue weighted by Gasteiger charge is -2.01. The van der Waals surface area contributed by atoms with Crippen molar-refractivity contribution in [3.63, 3.8) is 0 Å². The molecule has 0 N–H and O–H groups in total. The molecule has 0 spiro atoms. The van der Waals surface area contributed by atoms with Crippen LogP contribution in [0.3, 0.4) is 0 Å². The molecule has 0 saturated carbocycles. The van der Waals surface area contributed by atoms with Gasteiger partial charge in [-0.25, -0.2) is 4.79 Å². The van der Waals surface area contributed by atoms with Gasteiger partial charge in [-0.15, -0.1) is 0 Å². The molecule has 2 aromatic rings. The molecule has 0 saturated heterocycles. The van der Waals surface area contributed by atoms with E-state index in [1.807, 2.05) is 42.6 Å². The quantitative estimate of drug-likeness (QED) is 0.596. The molecule has 4 nitrogen and oxygen atoms in total. The topological polar surface area (TPSA) is 44.1 Å².